The molecule has 166 valence electrons. The minimum Gasteiger partial charge on any atom is -0.486 e. The molecule has 0 spiro atoms. The van der Waals surface area contributed by atoms with Crippen molar-refractivity contribution in [3.63, 3.8) is 0 Å². The first-order valence-electron chi connectivity index (χ1n) is 9.51. The Balaban J connectivity index is 0.000000913. The first-order chi connectivity index (χ1) is 15.3. The van der Waals surface area contributed by atoms with Crippen LogP contribution in [0.15, 0.2) is 71.6 Å². The number of hydrogen-bond acceptors (Lipinski definition) is 6. The molecular weight excluding hydrogens is 434 g/mol. The molecule has 3 aromatic carbocycles. The van der Waals surface area contributed by atoms with Crippen molar-refractivity contribution < 1.29 is 32.6 Å². The molecule has 0 radical (unpaired) electrons. The molecule has 0 aromatic heterocycles. The predicted octanol–water partition coefficient (Wildman–Crippen LogP) is 3.48. The van der Waals surface area contributed by atoms with Crippen LogP contribution in [-0.4, -0.2) is 45.4 Å². The number of ether oxygens (including phenoxy) is 2. The van der Waals surface area contributed by atoms with E-state index in [4.69, 9.17) is 19.4 Å². The van der Waals surface area contributed by atoms with Crippen molar-refractivity contribution in [3.8, 4) is 22.6 Å². The zero-order valence-corrected chi connectivity index (χ0v) is 18.0. The van der Waals surface area contributed by atoms with E-state index in [0.717, 1.165) is 17.4 Å². The van der Waals surface area contributed by atoms with Crippen molar-refractivity contribution in [1.29, 1.82) is 0 Å². The molecule has 4 rings (SSSR count). The molecule has 1 aliphatic rings. The summed E-state index contributed by atoms with van der Waals surface area (Å²) in [4.78, 5) is 21.2. The van der Waals surface area contributed by atoms with Crippen LogP contribution in [0.3, 0.4) is 0 Å². The molecule has 0 atom stereocenters. The number of carboxylic acid groups (broad SMARTS) is 1. The Hall–Kier alpha value is -3.85. The number of carbonyl (C=O) groups excluding carboxylic acids is 1. The van der Waals surface area contributed by atoms with Crippen LogP contribution < -0.4 is 14.8 Å². The highest BCUT2D eigenvalue weighted by Crippen LogP contribution is 2.34. The van der Waals surface area contributed by atoms with Crippen LogP contribution in [0.25, 0.3) is 11.1 Å². The molecule has 1 heterocycles. The van der Waals surface area contributed by atoms with Gasteiger partial charge >= 0.3 is 0 Å². The summed E-state index contributed by atoms with van der Waals surface area (Å²) >= 11 is 0. The summed E-state index contributed by atoms with van der Waals surface area (Å²) in [5.74, 6) is 1.12. The molecule has 32 heavy (non-hydrogen) atoms. The minimum absolute atomic E-state index is 0.205. The second kappa shape index (κ2) is 9.97. The van der Waals surface area contributed by atoms with Crippen LogP contribution >= 0.6 is 0 Å². The Morgan fingerprint density at radius 2 is 1.56 bits per heavy atom. The fourth-order valence-electron chi connectivity index (χ4n) is 3.05. The fourth-order valence-corrected chi connectivity index (χ4v) is 3.68. The molecule has 1 amide bonds. The normalized spacial score (nSPS) is 12.2. The van der Waals surface area contributed by atoms with Gasteiger partial charge in [0.15, 0.2) is 21.3 Å². The lowest BCUT2D eigenvalue weighted by molar-refractivity contribution is -0.122. The molecule has 8 nitrogen and oxygen atoms in total. The second-order valence-electron chi connectivity index (χ2n) is 6.80. The van der Waals surface area contributed by atoms with Crippen molar-refractivity contribution in [2.24, 2.45) is 0 Å². The van der Waals surface area contributed by atoms with Gasteiger partial charge in [0.2, 0.25) is 0 Å². The second-order valence-corrected chi connectivity index (χ2v) is 8.81. The van der Waals surface area contributed by atoms with Gasteiger partial charge in [-0.25, -0.2) is 8.42 Å². The third-order valence-corrected chi connectivity index (χ3v) is 5.67. The van der Waals surface area contributed by atoms with Crippen molar-refractivity contribution in [2.75, 3.05) is 24.8 Å². The van der Waals surface area contributed by atoms with Gasteiger partial charge < -0.3 is 19.9 Å². The van der Waals surface area contributed by atoms with Gasteiger partial charge in [-0.1, -0.05) is 18.2 Å². The van der Waals surface area contributed by atoms with Gasteiger partial charge in [-0.2, -0.15) is 0 Å². The molecule has 9 heteroatoms. The van der Waals surface area contributed by atoms with Crippen molar-refractivity contribution in [2.45, 2.75) is 4.90 Å². The lowest BCUT2D eigenvalue weighted by Crippen LogP contribution is -2.15. The lowest BCUT2D eigenvalue weighted by atomic mass is 10.0. The van der Waals surface area contributed by atoms with Crippen molar-refractivity contribution in [1.82, 2.24) is 0 Å². The number of fused-ring (bicyclic) bond motifs is 1. The van der Waals surface area contributed by atoms with Crippen LogP contribution in [0.4, 0.5) is 5.69 Å². The van der Waals surface area contributed by atoms with Gasteiger partial charge in [-0.05, 0) is 59.7 Å². The van der Waals surface area contributed by atoms with E-state index in [2.05, 4.69) is 5.32 Å². The van der Waals surface area contributed by atoms with Gasteiger partial charge in [0.1, 0.15) is 13.2 Å². The van der Waals surface area contributed by atoms with E-state index in [-0.39, 0.29) is 17.3 Å². The van der Waals surface area contributed by atoms with Gasteiger partial charge in [-0.15, -0.1) is 0 Å². The number of sulfone groups is 1. The Kier molecular flexibility index (Phi) is 7.11. The monoisotopic (exact) mass is 455 g/mol. The number of anilines is 1. The molecule has 1 aliphatic heterocycles. The maximum absolute atomic E-state index is 12.6. The summed E-state index contributed by atoms with van der Waals surface area (Å²) in [6.45, 7) is 0.796. The lowest BCUT2D eigenvalue weighted by Gasteiger charge is -2.19. The smallest absolute Gasteiger partial charge is 0.290 e. The molecular formula is C23H21NO7S. The summed E-state index contributed by atoms with van der Waals surface area (Å²) < 4.78 is 34.3. The first-order valence-corrected chi connectivity index (χ1v) is 11.4. The summed E-state index contributed by atoms with van der Waals surface area (Å²) in [5, 5.41) is 9.68. The Morgan fingerprint density at radius 1 is 0.938 bits per heavy atom. The zero-order valence-electron chi connectivity index (χ0n) is 17.1. The molecule has 0 bridgehead atoms. The number of benzene rings is 3. The molecule has 2 N–H and O–H groups in total. The standard InChI is InChI=1S/C22H19NO5S.CH2O2/c1-29(25,26)19-8-6-18(7-9-19)23-22(24)17-4-2-3-15(13-17)16-5-10-20-21(14-16)28-12-11-27-20;2-1-3/h2-10,13-14H,11-12H2,1H3,(H,23,24);1H,(H,2,3). The van der Waals surface area contributed by atoms with E-state index in [1.165, 1.54) is 12.1 Å². The largest absolute Gasteiger partial charge is 0.486 e. The SMILES string of the molecule is CS(=O)(=O)c1ccc(NC(=O)c2cccc(-c3ccc4c(c3)OCCO4)c2)cc1.O=CO. The van der Waals surface area contributed by atoms with E-state index in [1.807, 2.05) is 30.3 Å². The average molecular weight is 455 g/mol. The van der Waals surface area contributed by atoms with E-state index >= 15 is 0 Å². The minimum atomic E-state index is -3.28. The van der Waals surface area contributed by atoms with Gasteiger partial charge in [0, 0.05) is 17.5 Å². The van der Waals surface area contributed by atoms with Crippen LogP contribution in [0.5, 0.6) is 11.5 Å². The molecule has 3 aromatic rings. The number of nitrogens with one attached hydrogen (secondary N) is 1. The predicted molar refractivity (Wildman–Crippen MR) is 119 cm³/mol. The molecule has 0 saturated carbocycles. The van der Waals surface area contributed by atoms with Gasteiger partial charge in [-0.3, -0.25) is 9.59 Å². The highest BCUT2D eigenvalue weighted by molar-refractivity contribution is 7.90. The van der Waals surface area contributed by atoms with Crippen LogP contribution in [0, 0.1) is 0 Å². The molecule has 0 unspecified atom stereocenters. The summed E-state index contributed by atoms with van der Waals surface area (Å²) in [7, 11) is -3.28. The van der Waals surface area contributed by atoms with Gasteiger partial charge in [0.05, 0.1) is 4.90 Å². The van der Waals surface area contributed by atoms with E-state index < -0.39 is 9.84 Å². The summed E-state index contributed by atoms with van der Waals surface area (Å²) in [6.07, 6.45) is 1.14. The maximum Gasteiger partial charge on any atom is 0.290 e. The Morgan fingerprint density at radius 3 is 2.22 bits per heavy atom. The third kappa shape index (κ3) is 5.64. The fraction of sp³-hybridized carbons (Fsp3) is 0.130. The Labute approximate surface area is 185 Å². The van der Waals surface area contributed by atoms with Gasteiger partial charge in [0.25, 0.3) is 12.4 Å². The third-order valence-electron chi connectivity index (χ3n) is 4.54. The number of carbonyl (C=O) groups is 2. The topological polar surface area (TPSA) is 119 Å². The molecule has 0 saturated heterocycles. The quantitative estimate of drug-likeness (QED) is 0.578. The average Bonchev–Trinajstić information content (AvgIpc) is 2.79. The van der Waals surface area contributed by atoms with Crippen molar-refractivity contribution >= 4 is 27.9 Å². The number of rotatable bonds is 4. The van der Waals surface area contributed by atoms with Crippen molar-refractivity contribution in [3.05, 3.63) is 72.3 Å². The number of amides is 1. The van der Waals surface area contributed by atoms with Crippen LogP contribution in [0.2, 0.25) is 0 Å². The molecule has 0 fully saturated rings. The van der Waals surface area contributed by atoms with E-state index in [1.54, 1.807) is 24.3 Å². The highest BCUT2D eigenvalue weighted by atomic mass is 32.2. The van der Waals surface area contributed by atoms with E-state index in [0.29, 0.717) is 36.0 Å². The summed E-state index contributed by atoms with van der Waals surface area (Å²) in [6, 6.07) is 19.0. The Bertz CT molecular complexity index is 1220. The maximum atomic E-state index is 12.6. The molecule has 0 aliphatic carbocycles. The summed E-state index contributed by atoms with van der Waals surface area (Å²) in [5.41, 5.74) is 2.81. The van der Waals surface area contributed by atoms with Crippen LogP contribution in [0.1, 0.15) is 10.4 Å². The zero-order chi connectivity index (χ0) is 23.1. The van der Waals surface area contributed by atoms with Crippen LogP contribution in [-0.2, 0) is 14.6 Å². The number of hydrogen-bond donors (Lipinski definition) is 2. The van der Waals surface area contributed by atoms with E-state index in [9.17, 15) is 13.2 Å². The highest BCUT2D eigenvalue weighted by Gasteiger charge is 2.14. The first kappa shape index (κ1) is 22.8.